The quantitative estimate of drug-likeness (QED) is 0.496. The zero-order valence-electron chi connectivity index (χ0n) is 14.6. The van der Waals surface area contributed by atoms with Crippen molar-refractivity contribution >= 4 is 0 Å². The molecule has 1 aromatic heterocycles. The SMILES string of the molecule is CCCCCCCc1cnc(C#Cc2ccc(OC(F)(F)F)cc2)nc1. The third-order valence-electron chi connectivity index (χ3n) is 3.68. The molecule has 0 spiro atoms. The fraction of sp³-hybridized carbons (Fsp3) is 0.400. The molecule has 0 unspecified atom stereocenters. The van der Waals surface area contributed by atoms with Gasteiger partial charge in [0.2, 0.25) is 5.82 Å². The van der Waals surface area contributed by atoms with Crippen LogP contribution < -0.4 is 4.74 Å². The van der Waals surface area contributed by atoms with Gasteiger partial charge in [-0.15, -0.1) is 13.2 Å². The lowest BCUT2D eigenvalue weighted by molar-refractivity contribution is -0.274. The molecular formula is C20H21F3N2O. The second-order valence-corrected chi connectivity index (χ2v) is 5.90. The van der Waals surface area contributed by atoms with Crippen molar-refractivity contribution in [2.24, 2.45) is 0 Å². The number of halogens is 3. The van der Waals surface area contributed by atoms with Gasteiger partial charge in [0.25, 0.3) is 0 Å². The first kappa shape index (κ1) is 19.8. The highest BCUT2D eigenvalue weighted by Crippen LogP contribution is 2.22. The van der Waals surface area contributed by atoms with Gasteiger partial charge in [-0.1, -0.05) is 38.5 Å². The van der Waals surface area contributed by atoms with Crippen LogP contribution in [0, 0.1) is 11.8 Å². The predicted molar refractivity (Wildman–Crippen MR) is 93.6 cm³/mol. The highest BCUT2D eigenvalue weighted by Gasteiger charge is 2.30. The first-order valence-electron chi connectivity index (χ1n) is 8.65. The van der Waals surface area contributed by atoms with Crippen LogP contribution in [0.15, 0.2) is 36.7 Å². The van der Waals surface area contributed by atoms with E-state index in [0.717, 1.165) is 18.4 Å². The first-order valence-corrected chi connectivity index (χ1v) is 8.65. The molecule has 2 aromatic rings. The van der Waals surface area contributed by atoms with Gasteiger partial charge in [0, 0.05) is 18.0 Å². The van der Waals surface area contributed by atoms with Crippen LogP contribution >= 0.6 is 0 Å². The van der Waals surface area contributed by atoms with Crippen molar-refractivity contribution in [1.82, 2.24) is 9.97 Å². The van der Waals surface area contributed by atoms with Crippen LogP contribution in [0.5, 0.6) is 5.75 Å². The maximum absolute atomic E-state index is 12.1. The Hall–Kier alpha value is -2.55. The molecule has 0 saturated carbocycles. The predicted octanol–water partition coefficient (Wildman–Crippen LogP) is 5.29. The molecule has 3 nitrogen and oxygen atoms in total. The molecule has 0 aliphatic carbocycles. The lowest BCUT2D eigenvalue weighted by Gasteiger charge is -2.07. The Morgan fingerprint density at radius 1 is 0.923 bits per heavy atom. The largest absolute Gasteiger partial charge is 0.573 e. The van der Waals surface area contributed by atoms with Crippen LogP contribution in [-0.2, 0) is 6.42 Å². The van der Waals surface area contributed by atoms with Crippen molar-refractivity contribution in [2.45, 2.75) is 51.8 Å². The van der Waals surface area contributed by atoms with Crippen LogP contribution in [0.1, 0.15) is 56.0 Å². The number of alkyl halides is 3. The van der Waals surface area contributed by atoms with Gasteiger partial charge in [0.15, 0.2) is 0 Å². The Labute approximate surface area is 151 Å². The molecule has 6 heteroatoms. The van der Waals surface area contributed by atoms with Gasteiger partial charge in [0.05, 0.1) is 0 Å². The van der Waals surface area contributed by atoms with Gasteiger partial charge >= 0.3 is 6.36 Å². The standard InChI is InChI=1S/C20H21F3N2O/c1-2-3-4-5-6-7-17-14-24-19(25-15-17)13-10-16-8-11-18(12-9-16)26-20(21,22)23/h8-9,11-12,14-15H,2-7H2,1H3. The second-order valence-electron chi connectivity index (χ2n) is 5.90. The van der Waals surface area contributed by atoms with Crippen LogP contribution in [-0.4, -0.2) is 16.3 Å². The smallest absolute Gasteiger partial charge is 0.406 e. The van der Waals surface area contributed by atoms with E-state index in [1.807, 2.05) is 0 Å². The summed E-state index contributed by atoms with van der Waals surface area (Å²) in [4.78, 5) is 8.43. The van der Waals surface area contributed by atoms with E-state index < -0.39 is 6.36 Å². The molecule has 0 aliphatic rings. The van der Waals surface area contributed by atoms with Gasteiger partial charge < -0.3 is 4.74 Å². The average Bonchev–Trinajstić information content (AvgIpc) is 2.61. The topological polar surface area (TPSA) is 35.0 Å². The third kappa shape index (κ3) is 7.56. The molecule has 0 aliphatic heterocycles. The van der Waals surface area contributed by atoms with E-state index in [1.54, 1.807) is 12.4 Å². The van der Waals surface area contributed by atoms with Crippen molar-refractivity contribution in [2.75, 3.05) is 0 Å². The molecular weight excluding hydrogens is 341 g/mol. The van der Waals surface area contributed by atoms with E-state index in [0.29, 0.717) is 11.4 Å². The van der Waals surface area contributed by atoms with Crippen molar-refractivity contribution in [3.8, 4) is 17.6 Å². The number of aromatic nitrogens is 2. The number of aryl methyl sites for hydroxylation is 1. The van der Waals surface area contributed by atoms with E-state index in [2.05, 4.69) is 33.5 Å². The van der Waals surface area contributed by atoms with Gasteiger partial charge in [-0.05, 0) is 48.6 Å². The number of hydrogen-bond acceptors (Lipinski definition) is 3. The van der Waals surface area contributed by atoms with Crippen LogP contribution in [0.2, 0.25) is 0 Å². The van der Waals surface area contributed by atoms with Gasteiger partial charge in [0.1, 0.15) is 5.75 Å². The summed E-state index contributed by atoms with van der Waals surface area (Å²) in [6, 6.07) is 5.36. The summed E-state index contributed by atoms with van der Waals surface area (Å²) in [6.07, 6.45) is 5.91. The molecule has 0 bridgehead atoms. The molecule has 2 rings (SSSR count). The van der Waals surface area contributed by atoms with Gasteiger partial charge in [-0.25, -0.2) is 9.97 Å². The number of hydrogen-bond donors (Lipinski definition) is 0. The molecule has 1 heterocycles. The molecule has 0 amide bonds. The molecule has 0 fully saturated rings. The third-order valence-corrected chi connectivity index (χ3v) is 3.68. The maximum Gasteiger partial charge on any atom is 0.573 e. The molecule has 0 atom stereocenters. The highest BCUT2D eigenvalue weighted by atomic mass is 19.4. The molecule has 0 radical (unpaired) electrons. The minimum Gasteiger partial charge on any atom is -0.406 e. The Morgan fingerprint density at radius 3 is 2.19 bits per heavy atom. The normalized spacial score (nSPS) is 10.9. The fourth-order valence-electron chi connectivity index (χ4n) is 2.35. The van der Waals surface area contributed by atoms with Crippen LogP contribution in [0.25, 0.3) is 0 Å². The summed E-state index contributed by atoms with van der Waals surface area (Å²) in [5, 5.41) is 0. The number of nitrogens with zero attached hydrogens (tertiary/aromatic N) is 2. The van der Waals surface area contributed by atoms with Gasteiger partial charge in [-0.3, -0.25) is 0 Å². The van der Waals surface area contributed by atoms with Crippen LogP contribution in [0.4, 0.5) is 13.2 Å². The van der Waals surface area contributed by atoms with E-state index in [-0.39, 0.29) is 5.75 Å². The second kappa shape index (κ2) is 9.81. The zero-order valence-corrected chi connectivity index (χ0v) is 14.6. The van der Waals surface area contributed by atoms with Crippen molar-refractivity contribution in [1.29, 1.82) is 0 Å². The molecule has 0 saturated heterocycles. The summed E-state index contributed by atoms with van der Waals surface area (Å²) in [5.41, 5.74) is 1.64. The minimum absolute atomic E-state index is 0.275. The minimum atomic E-state index is -4.70. The molecule has 1 aromatic carbocycles. The summed E-state index contributed by atoms with van der Waals surface area (Å²) in [7, 11) is 0. The van der Waals surface area contributed by atoms with Crippen molar-refractivity contribution in [3.63, 3.8) is 0 Å². The maximum atomic E-state index is 12.1. The zero-order chi connectivity index (χ0) is 18.8. The lowest BCUT2D eigenvalue weighted by Crippen LogP contribution is -2.16. The molecule has 138 valence electrons. The summed E-state index contributed by atoms with van der Waals surface area (Å²) in [5.74, 6) is 5.74. The Bertz CT molecular complexity index is 729. The average molecular weight is 362 g/mol. The number of unbranched alkanes of at least 4 members (excludes halogenated alkanes) is 4. The Morgan fingerprint density at radius 2 is 1.58 bits per heavy atom. The Balaban J connectivity index is 1.87. The van der Waals surface area contributed by atoms with Gasteiger partial charge in [-0.2, -0.15) is 0 Å². The highest BCUT2D eigenvalue weighted by molar-refractivity contribution is 5.41. The molecule has 26 heavy (non-hydrogen) atoms. The fourth-order valence-corrected chi connectivity index (χ4v) is 2.35. The molecule has 0 N–H and O–H groups in total. The van der Waals surface area contributed by atoms with E-state index in [9.17, 15) is 13.2 Å². The number of benzene rings is 1. The first-order chi connectivity index (χ1) is 12.5. The van der Waals surface area contributed by atoms with Crippen molar-refractivity contribution in [3.05, 3.63) is 53.6 Å². The monoisotopic (exact) mass is 362 g/mol. The number of rotatable bonds is 7. The van der Waals surface area contributed by atoms with E-state index in [1.165, 1.54) is 49.9 Å². The number of ether oxygens (including phenoxy) is 1. The lowest BCUT2D eigenvalue weighted by atomic mass is 10.1. The Kier molecular flexibility index (Phi) is 7.46. The summed E-state index contributed by atoms with van der Waals surface area (Å²) < 4.78 is 40.1. The van der Waals surface area contributed by atoms with E-state index >= 15 is 0 Å². The van der Waals surface area contributed by atoms with Crippen LogP contribution in [0.3, 0.4) is 0 Å². The summed E-state index contributed by atoms with van der Waals surface area (Å²) in [6.45, 7) is 2.19. The van der Waals surface area contributed by atoms with E-state index in [4.69, 9.17) is 0 Å². The van der Waals surface area contributed by atoms with Crippen molar-refractivity contribution < 1.29 is 17.9 Å². The summed E-state index contributed by atoms with van der Waals surface area (Å²) >= 11 is 0.